The molecule has 104 valence electrons. The van der Waals surface area contributed by atoms with Crippen molar-refractivity contribution in [2.75, 3.05) is 13.2 Å². The number of benzene rings is 1. The average Bonchev–Trinajstić information content (AvgIpc) is 2.37. The number of hydrogen-bond donors (Lipinski definition) is 0. The first-order valence-electron chi connectivity index (χ1n) is 6.08. The molecule has 19 heavy (non-hydrogen) atoms. The van der Waals surface area contributed by atoms with Crippen molar-refractivity contribution in [2.24, 2.45) is 0 Å². The zero-order chi connectivity index (χ0) is 14.3. The van der Waals surface area contributed by atoms with E-state index in [2.05, 4.69) is 0 Å². The number of nitro groups is 1. The summed E-state index contributed by atoms with van der Waals surface area (Å²) in [5, 5.41) is 10.7. The maximum atomic E-state index is 11.3. The summed E-state index contributed by atoms with van der Waals surface area (Å²) in [6.45, 7) is 3.70. The first-order chi connectivity index (χ1) is 9.06. The third kappa shape index (κ3) is 4.57. The van der Waals surface area contributed by atoms with Gasteiger partial charge in [-0.3, -0.25) is 10.1 Å². The first-order valence-corrected chi connectivity index (χ1v) is 6.08. The smallest absolute Gasteiger partial charge is 0.344 e. The van der Waals surface area contributed by atoms with Gasteiger partial charge in [-0.2, -0.15) is 0 Å². The standard InChI is InChI=1S/C13H17NO5/c1-3-4-8-18-13(15)9-19-12-7-5-6-11(10(12)2)14(16)17/h5-7H,3-4,8-9H2,1-2H3. The molecule has 6 nitrogen and oxygen atoms in total. The molecule has 1 aromatic carbocycles. The van der Waals surface area contributed by atoms with Crippen molar-refractivity contribution in [2.45, 2.75) is 26.7 Å². The number of carbonyl (C=O) groups excluding carboxylic acids is 1. The third-order valence-corrected chi connectivity index (χ3v) is 2.56. The number of hydrogen-bond acceptors (Lipinski definition) is 5. The van der Waals surface area contributed by atoms with E-state index in [4.69, 9.17) is 9.47 Å². The zero-order valence-electron chi connectivity index (χ0n) is 11.0. The largest absolute Gasteiger partial charge is 0.481 e. The molecule has 0 unspecified atom stereocenters. The highest BCUT2D eigenvalue weighted by atomic mass is 16.6. The summed E-state index contributed by atoms with van der Waals surface area (Å²) in [5.74, 6) is -0.152. The lowest BCUT2D eigenvalue weighted by Crippen LogP contribution is -2.16. The van der Waals surface area contributed by atoms with Gasteiger partial charge in [0.15, 0.2) is 6.61 Å². The Hall–Kier alpha value is -2.11. The van der Waals surface area contributed by atoms with Crippen molar-refractivity contribution in [3.8, 4) is 5.75 Å². The fraction of sp³-hybridized carbons (Fsp3) is 0.462. The number of nitrogens with zero attached hydrogens (tertiary/aromatic N) is 1. The highest BCUT2D eigenvalue weighted by Gasteiger charge is 2.15. The lowest BCUT2D eigenvalue weighted by molar-refractivity contribution is -0.385. The molecule has 0 spiro atoms. The average molecular weight is 267 g/mol. The van der Waals surface area contributed by atoms with Crippen LogP contribution >= 0.6 is 0 Å². The van der Waals surface area contributed by atoms with Gasteiger partial charge in [0.25, 0.3) is 5.69 Å². The summed E-state index contributed by atoms with van der Waals surface area (Å²) in [6.07, 6.45) is 1.75. The van der Waals surface area contributed by atoms with Crippen LogP contribution in [-0.2, 0) is 9.53 Å². The van der Waals surface area contributed by atoms with Crippen molar-refractivity contribution in [3.63, 3.8) is 0 Å². The Balaban J connectivity index is 2.56. The summed E-state index contributed by atoms with van der Waals surface area (Å²) in [5.41, 5.74) is 0.366. The van der Waals surface area contributed by atoms with Crippen LogP contribution in [0.2, 0.25) is 0 Å². The Bertz CT molecular complexity index is 458. The first kappa shape index (κ1) is 14.9. The molecule has 0 amide bonds. The SMILES string of the molecule is CCCCOC(=O)COc1cccc([N+](=O)[O-])c1C. The van der Waals surface area contributed by atoms with E-state index in [0.29, 0.717) is 17.9 Å². The summed E-state index contributed by atoms with van der Waals surface area (Å²) < 4.78 is 10.2. The number of esters is 1. The fourth-order valence-electron chi connectivity index (χ4n) is 1.47. The topological polar surface area (TPSA) is 78.7 Å². The van der Waals surface area contributed by atoms with Crippen LogP contribution in [0.4, 0.5) is 5.69 Å². The van der Waals surface area contributed by atoms with Gasteiger partial charge in [-0.1, -0.05) is 19.4 Å². The van der Waals surface area contributed by atoms with Crippen LogP contribution in [0.25, 0.3) is 0 Å². The van der Waals surface area contributed by atoms with E-state index >= 15 is 0 Å². The van der Waals surface area contributed by atoms with Gasteiger partial charge in [0.05, 0.1) is 17.1 Å². The molecule has 0 N–H and O–H groups in total. The minimum Gasteiger partial charge on any atom is -0.481 e. The summed E-state index contributed by atoms with van der Waals surface area (Å²) >= 11 is 0. The van der Waals surface area contributed by atoms with E-state index in [1.54, 1.807) is 13.0 Å². The predicted octanol–water partition coefficient (Wildman–Crippen LogP) is 2.63. The number of nitro benzene ring substituents is 1. The molecule has 0 heterocycles. The van der Waals surface area contributed by atoms with Crippen LogP contribution in [0, 0.1) is 17.0 Å². The molecule has 1 aromatic rings. The predicted molar refractivity (Wildman–Crippen MR) is 69.2 cm³/mol. The van der Waals surface area contributed by atoms with Crippen LogP contribution in [0.15, 0.2) is 18.2 Å². The number of rotatable bonds is 7. The van der Waals surface area contributed by atoms with Gasteiger partial charge >= 0.3 is 5.97 Å². The maximum Gasteiger partial charge on any atom is 0.344 e. The van der Waals surface area contributed by atoms with Crippen LogP contribution in [-0.4, -0.2) is 24.1 Å². The molecule has 0 aliphatic rings. The second kappa shape index (κ2) is 7.35. The zero-order valence-corrected chi connectivity index (χ0v) is 11.0. The molecule has 0 bridgehead atoms. The van der Waals surface area contributed by atoms with E-state index in [9.17, 15) is 14.9 Å². The normalized spacial score (nSPS) is 10.0. The Morgan fingerprint density at radius 2 is 2.16 bits per heavy atom. The quantitative estimate of drug-likeness (QED) is 0.328. The van der Waals surface area contributed by atoms with Crippen molar-refractivity contribution in [1.29, 1.82) is 0 Å². The van der Waals surface area contributed by atoms with Crippen molar-refractivity contribution in [3.05, 3.63) is 33.9 Å². The van der Waals surface area contributed by atoms with Gasteiger partial charge < -0.3 is 9.47 Å². The van der Waals surface area contributed by atoms with Gasteiger partial charge in [0.1, 0.15) is 5.75 Å². The Labute approximate surface area is 111 Å². The van der Waals surface area contributed by atoms with E-state index < -0.39 is 10.9 Å². The minimum absolute atomic E-state index is 0.0307. The third-order valence-electron chi connectivity index (χ3n) is 2.56. The monoisotopic (exact) mass is 267 g/mol. The van der Waals surface area contributed by atoms with E-state index in [1.807, 2.05) is 6.92 Å². The van der Waals surface area contributed by atoms with Crippen molar-refractivity contribution < 1.29 is 19.2 Å². The molecular formula is C13H17NO5. The molecule has 0 aliphatic heterocycles. The summed E-state index contributed by atoms with van der Waals surface area (Å²) in [4.78, 5) is 21.6. The van der Waals surface area contributed by atoms with Gasteiger partial charge in [-0.15, -0.1) is 0 Å². The highest BCUT2D eigenvalue weighted by molar-refractivity contribution is 5.71. The highest BCUT2D eigenvalue weighted by Crippen LogP contribution is 2.26. The molecule has 0 atom stereocenters. The Kier molecular flexibility index (Phi) is 5.78. The van der Waals surface area contributed by atoms with Crippen LogP contribution in [0.5, 0.6) is 5.75 Å². The molecular weight excluding hydrogens is 250 g/mol. The van der Waals surface area contributed by atoms with E-state index in [0.717, 1.165) is 12.8 Å². The molecule has 6 heteroatoms. The van der Waals surface area contributed by atoms with Crippen molar-refractivity contribution in [1.82, 2.24) is 0 Å². The molecule has 0 aliphatic carbocycles. The lowest BCUT2D eigenvalue weighted by atomic mass is 10.2. The van der Waals surface area contributed by atoms with Gasteiger partial charge in [-0.25, -0.2) is 4.79 Å². The van der Waals surface area contributed by atoms with Gasteiger partial charge in [-0.05, 0) is 19.4 Å². The van der Waals surface area contributed by atoms with Crippen LogP contribution < -0.4 is 4.74 Å². The molecule has 0 saturated carbocycles. The van der Waals surface area contributed by atoms with Crippen LogP contribution in [0.1, 0.15) is 25.3 Å². The van der Waals surface area contributed by atoms with Crippen molar-refractivity contribution >= 4 is 11.7 Å². The number of ether oxygens (including phenoxy) is 2. The molecule has 0 aromatic heterocycles. The summed E-state index contributed by atoms with van der Waals surface area (Å²) in [6, 6.07) is 4.49. The molecule has 1 rings (SSSR count). The lowest BCUT2D eigenvalue weighted by Gasteiger charge is -2.09. The second-order valence-electron chi connectivity index (χ2n) is 4.02. The number of carbonyl (C=O) groups is 1. The Morgan fingerprint density at radius 1 is 1.42 bits per heavy atom. The van der Waals surface area contributed by atoms with E-state index in [-0.39, 0.29) is 12.3 Å². The second-order valence-corrected chi connectivity index (χ2v) is 4.02. The Morgan fingerprint density at radius 3 is 2.79 bits per heavy atom. The van der Waals surface area contributed by atoms with Gasteiger partial charge in [0.2, 0.25) is 0 Å². The van der Waals surface area contributed by atoms with E-state index in [1.165, 1.54) is 12.1 Å². The minimum atomic E-state index is -0.484. The number of unbranched alkanes of at least 4 members (excludes halogenated alkanes) is 1. The molecule has 0 fully saturated rings. The molecule has 0 saturated heterocycles. The van der Waals surface area contributed by atoms with Crippen LogP contribution in [0.3, 0.4) is 0 Å². The molecule has 0 radical (unpaired) electrons. The van der Waals surface area contributed by atoms with Gasteiger partial charge in [0, 0.05) is 6.07 Å². The fourth-order valence-corrected chi connectivity index (χ4v) is 1.47. The summed E-state index contributed by atoms with van der Waals surface area (Å²) in [7, 11) is 0. The maximum absolute atomic E-state index is 11.3.